The van der Waals surface area contributed by atoms with Gasteiger partial charge in [-0.25, -0.2) is 9.19 Å². The highest BCUT2D eigenvalue weighted by atomic mass is 32.2. The number of aromatic nitrogens is 1. The van der Waals surface area contributed by atoms with Crippen molar-refractivity contribution in [1.29, 1.82) is 0 Å². The largest absolute Gasteiger partial charge is 0.633 e. The van der Waals surface area contributed by atoms with Gasteiger partial charge >= 0.3 is 0 Å². The molecule has 0 saturated heterocycles. The second-order valence-electron chi connectivity index (χ2n) is 5.96. The van der Waals surface area contributed by atoms with Crippen LogP contribution < -0.4 is 4.90 Å². The maximum absolute atomic E-state index is 12.7. The van der Waals surface area contributed by atoms with Crippen molar-refractivity contribution in [3.05, 3.63) is 47.8 Å². The number of rotatable bonds is 3. The zero-order valence-corrected chi connectivity index (χ0v) is 13.7. The minimum Gasteiger partial charge on any atom is -0.633 e. The number of fused-ring (bicyclic) bond motifs is 2. The van der Waals surface area contributed by atoms with Crippen LogP contribution in [0, 0.1) is 5.21 Å². The smallest absolute Gasteiger partial charge is 0.149 e. The Balaban J connectivity index is 2.10. The van der Waals surface area contributed by atoms with Crippen LogP contribution in [-0.4, -0.2) is 40.5 Å². The first-order valence-corrected chi connectivity index (χ1v) is 8.32. The molecule has 2 aromatic rings. The molecule has 1 aromatic carbocycles. The number of likely N-dealkylation sites (N-methyl/N-ethyl adjacent to an activating group) is 1. The molecule has 22 heavy (non-hydrogen) atoms. The molecule has 0 N–H and O–H groups in total. The number of hydrogen-bond acceptors (Lipinski definition) is 4. The fraction of sp³-hybridized carbons (Fsp3) is 0.312. The average Bonchev–Trinajstić information content (AvgIpc) is 2.50. The van der Waals surface area contributed by atoms with Gasteiger partial charge < -0.3 is 14.8 Å². The van der Waals surface area contributed by atoms with Crippen molar-refractivity contribution in [2.45, 2.75) is 22.8 Å². The lowest BCUT2D eigenvalue weighted by Gasteiger charge is -2.43. The summed E-state index contributed by atoms with van der Waals surface area (Å²) < 4.78 is 12.3. The van der Waals surface area contributed by atoms with Crippen LogP contribution in [0.1, 0.15) is 6.92 Å². The number of quaternary nitrogens is 1. The summed E-state index contributed by atoms with van der Waals surface area (Å²) in [5.74, 6) is 0.680. The van der Waals surface area contributed by atoms with Crippen LogP contribution in [0.15, 0.2) is 52.4 Å². The quantitative estimate of drug-likeness (QED) is 0.645. The summed E-state index contributed by atoms with van der Waals surface area (Å²) >= 11 is 0. The molecule has 3 rings (SSSR count). The summed E-state index contributed by atoms with van der Waals surface area (Å²) in [5.41, 5.74) is 0.868. The molecule has 5 nitrogen and oxygen atoms in total. The summed E-state index contributed by atoms with van der Waals surface area (Å²) in [7, 11) is 2.04. The van der Waals surface area contributed by atoms with E-state index in [-0.39, 0.29) is 10.7 Å². The van der Waals surface area contributed by atoms with Gasteiger partial charge in [-0.3, -0.25) is 0 Å². The van der Waals surface area contributed by atoms with Gasteiger partial charge in [0.2, 0.25) is 0 Å². The lowest BCUT2D eigenvalue weighted by Crippen LogP contribution is -2.48. The first-order valence-electron chi connectivity index (χ1n) is 7.17. The molecule has 1 aliphatic heterocycles. The summed E-state index contributed by atoms with van der Waals surface area (Å²) in [4.78, 5) is 7.89. The minimum atomic E-state index is -1.23. The monoisotopic (exact) mass is 317 g/mol. The second-order valence-corrected chi connectivity index (χ2v) is 7.37. The van der Waals surface area contributed by atoms with Crippen LogP contribution >= 0.6 is 0 Å². The van der Waals surface area contributed by atoms with Crippen molar-refractivity contribution in [3.8, 4) is 0 Å². The predicted octanol–water partition coefficient (Wildman–Crippen LogP) is 2.66. The first-order chi connectivity index (χ1) is 10.4. The van der Waals surface area contributed by atoms with Gasteiger partial charge in [-0.05, 0) is 31.2 Å². The van der Waals surface area contributed by atoms with Gasteiger partial charge in [0.1, 0.15) is 11.9 Å². The number of hydrogen-bond donors (Lipinski definition) is 0. The fourth-order valence-electron chi connectivity index (χ4n) is 2.44. The molecule has 6 heteroatoms. The third-order valence-corrected chi connectivity index (χ3v) is 5.53. The van der Waals surface area contributed by atoms with E-state index in [1.807, 2.05) is 42.2 Å². The molecule has 0 amide bonds. The van der Waals surface area contributed by atoms with Gasteiger partial charge in [0, 0.05) is 6.20 Å². The average molecular weight is 317 g/mol. The van der Waals surface area contributed by atoms with E-state index in [1.54, 1.807) is 26.4 Å². The Morgan fingerprint density at radius 2 is 1.91 bits per heavy atom. The summed E-state index contributed by atoms with van der Waals surface area (Å²) in [6.45, 7) is 2.44. The Bertz CT molecular complexity index is 678. The zero-order chi connectivity index (χ0) is 15.9. The lowest BCUT2D eigenvalue weighted by atomic mass is 10.2. The molecule has 0 spiro atoms. The highest BCUT2D eigenvalue weighted by Gasteiger charge is 2.31. The fourth-order valence-corrected chi connectivity index (χ4v) is 3.78. The molecule has 2 heterocycles. The Kier molecular flexibility index (Phi) is 3.76. The van der Waals surface area contributed by atoms with Crippen LogP contribution in [0.2, 0.25) is 0 Å². The Morgan fingerprint density at radius 3 is 2.64 bits per heavy atom. The van der Waals surface area contributed by atoms with E-state index in [0.29, 0.717) is 17.3 Å². The van der Waals surface area contributed by atoms with Crippen LogP contribution in [0.25, 0.3) is 0 Å². The molecule has 0 aliphatic carbocycles. The molecule has 0 bridgehead atoms. The first kappa shape index (κ1) is 15.1. The van der Waals surface area contributed by atoms with Gasteiger partial charge in [-0.1, -0.05) is 12.1 Å². The van der Waals surface area contributed by atoms with E-state index in [1.165, 1.54) is 0 Å². The SMILES string of the molecule is CC(CN1c2ccccc2S(=O)c2cccnc21)[N+](C)(C)[O-]. The van der Waals surface area contributed by atoms with E-state index in [2.05, 4.69) is 4.98 Å². The lowest BCUT2D eigenvalue weighted by molar-refractivity contribution is -0.862. The van der Waals surface area contributed by atoms with Gasteiger partial charge in [0.05, 0.1) is 46.9 Å². The van der Waals surface area contributed by atoms with Crippen molar-refractivity contribution >= 4 is 22.3 Å². The molecule has 116 valence electrons. The highest BCUT2D eigenvalue weighted by molar-refractivity contribution is 7.85. The van der Waals surface area contributed by atoms with Crippen molar-refractivity contribution in [2.24, 2.45) is 0 Å². The molecule has 2 unspecified atom stereocenters. The van der Waals surface area contributed by atoms with Crippen molar-refractivity contribution < 1.29 is 8.86 Å². The Morgan fingerprint density at radius 1 is 1.23 bits per heavy atom. The minimum absolute atomic E-state index is 0.144. The third-order valence-electron chi connectivity index (χ3n) is 4.07. The van der Waals surface area contributed by atoms with Crippen LogP contribution in [0.5, 0.6) is 0 Å². The van der Waals surface area contributed by atoms with Gasteiger partial charge in [0.25, 0.3) is 0 Å². The normalized spacial score (nSPS) is 18.5. The standard InChI is InChI=1S/C16H19N3O2S/c1-12(19(2,3)20)11-18-13-7-4-5-8-14(13)22(21)15-9-6-10-17-16(15)18/h4-10,12H,11H2,1-3H3. The summed E-state index contributed by atoms with van der Waals surface area (Å²) in [5, 5.41) is 12.2. The number of anilines is 2. The van der Waals surface area contributed by atoms with Crippen molar-refractivity contribution in [2.75, 3.05) is 25.5 Å². The number of para-hydroxylation sites is 1. The van der Waals surface area contributed by atoms with Crippen molar-refractivity contribution in [1.82, 2.24) is 4.98 Å². The van der Waals surface area contributed by atoms with Gasteiger partial charge in [0.15, 0.2) is 0 Å². The number of hydroxylamine groups is 3. The Labute approximate surface area is 132 Å². The van der Waals surface area contributed by atoms with Crippen LogP contribution in [-0.2, 0) is 10.8 Å². The Hall–Kier alpha value is -1.76. The molecule has 2 atom stereocenters. The highest BCUT2D eigenvalue weighted by Crippen LogP contribution is 2.40. The van der Waals surface area contributed by atoms with Gasteiger partial charge in [-0.15, -0.1) is 0 Å². The van der Waals surface area contributed by atoms with Crippen LogP contribution in [0.3, 0.4) is 0 Å². The van der Waals surface area contributed by atoms with E-state index in [9.17, 15) is 9.42 Å². The molecule has 0 fully saturated rings. The van der Waals surface area contributed by atoms with E-state index >= 15 is 0 Å². The number of pyridine rings is 1. The van der Waals surface area contributed by atoms with Gasteiger partial charge in [-0.2, -0.15) is 0 Å². The predicted molar refractivity (Wildman–Crippen MR) is 87.3 cm³/mol. The zero-order valence-electron chi connectivity index (χ0n) is 12.9. The molecular weight excluding hydrogens is 298 g/mol. The van der Waals surface area contributed by atoms with E-state index in [0.717, 1.165) is 10.6 Å². The summed E-state index contributed by atoms with van der Waals surface area (Å²) in [6.07, 6.45) is 1.69. The second kappa shape index (κ2) is 5.46. The topological polar surface area (TPSA) is 56.3 Å². The molecule has 0 saturated carbocycles. The number of nitrogens with zero attached hydrogens (tertiary/aromatic N) is 3. The molecular formula is C16H19N3O2S. The third kappa shape index (κ3) is 2.54. The summed E-state index contributed by atoms with van der Waals surface area (Å²) in [6, 6.07) is 11.1. The maximum atomic E-state index is 12.7. The van der Waals surface area contributed by atoms with Crippen LogP contribution in [0.4, 0.5) is 11.5 Å². The molecule has 1 aromatic heterocycles. The maximum Gasteiger partial charge on any atom is 0.149 e. The molecule has 1 aliphatic rings. The van der Waals surface area contributed by atoms with E-state index in [4.69, 9.17) is 0 Å². The van der Waals surface area contributed by atoms with Crippen molar-refractivity contribution in [3.63, 3.8) is 0 Å². The number of benzene rings is 1. The van der Waals surface area contributed by atoms with E-state index < -0.39 is 10.8 Å². The molecule has 0 radical (unpaired) electrons.